The van der Waals surface area contributed by atoms with E-state index >= 15 is 0 Å². The molecule has 0 N–H and O–H groups in total. The molecule has 0 saturated carbocycles. The quantitative estimate of drug-likeness (QED) is 0.111. The lowest BCUT2D eigenvalue weighted by molar-refractivity contribution is -0.671. The Bertz CT molecular complexity index is 700. The largest absolute Gasteiger partial charge is 0.726 e. The van der Waals surface area contributed by atoms with Crippen LogP contribution >= 0.6 is 0 Å². The van der Waals surface area contributed by atoms with Crippen LogP contribution in [0.4, 0.5) is 0 Å². The molecule has 0 unspecified atom stereocenters. The summed E-state index contributed by atoms with van der Waals surface area (Å²) in [5.74, 6) is -1.22. The second-order valence-electron chi connectivity index (χ2n) is 6.43. The lowest BCUT2D eigenvalue weighted by Crippen LogP contribution is -2.32. The predicted octanol–water partition coefficient (Wildman–Crippen LogP) is 1.80. The van der Waals surface area contributed by atoms with E-state index < -0.39 is 28.4 Å². The molecule has 0 aliphatic carbocycles. The lowest BCUT2D eigenvalue weighted by atomic mass is 10.1. The van der Waals surface area contributed by atoms with Crippen molar-refractivity contribution in [2.45, 2.75) is 65.3 Å². The molecule has 1 heterocycles. The molecule has 1 aromatic rings. The molecule has 0 aliphatic heterocycles. The summed E-state index contributed by atoms with van der Waals surface area (Å²) in [6.07, 6.45) is 11.2. The minimum absolute atomic E-state index is 0.0258. The molecule has 0 atom stereocenters. The first-order valence-corrected chi connectivity index (χ1v) is 11.5. The maximum absolute atomic E-state index is 11.7. The number of imidazole rings is 1. The molecule has 0 amide bonds. The third kappa shape index (κ3) is 13.3. The van der Waals surface area contributed by atoms with Gasteiger partial charge in [0.25, 0.3) is 6.04 Å². The smallest absolute Gasteiger partial charge is 0.363 e. The van der Waals surface area contributed by atoms with E-state index in [2.05, 4.69) is 11.1 Å². The van der Waals surface area contributed by atoms with Crippen molar-refractivity contribution in [1.29, 1.82) is 0 Å². The van der Waals surface area contributed by atoms with Crippen molar-refractivity contribution in [1.82, 2.24) is 4.57 Å². The van der Waals surface area contributed by atoms with Gasteiger partial charge in [0.2, 0.25) is 16.7 Å². The Morgan fingerprint density at radius 2 is 1.53 bits per heavy atom. The van der Waals surface area contributed by atoms with Gasteiger partial charge in [-0.05, 0) is 20.3 Å². The van der Waals surface area contributed by atoms with Gasteiger partial charge in [-0.15, -0.1) is 0 Å². The summed E-state index contributed by atoms with van der Waals surface area (Å²) in [5, 5.41) is 0. The first-order chi connectivity index (χ1) is 14.2. The second-order valence-corrected chi connectivity index (χ2v) is 7.48. The average Bonchev–Trinajstić information content (AvgIpc) is 3.07. The van der Waals surface area contributed by atoms with E-state index in [-0.39, 0.29) is 19.8 Å². The number of aryl methyl sites for hydroxylation is 1. The molecule has 30 heavy (non-hydrogen) atoms. The topological polar surface area (TPSA) is 128 Å². The van der Waals surface area contributed by atoms with Crippen molar-refractivity contribution >= 4 is 22.3 Å². The Labute approximate surface area is 179 Å². The van der Waals surface area contributed by atoms with Gasteiger partial charge < -0.3 is 14.0 Å². The van der Waals surface area contributed by atoms with Gasteiger partial charge in [0.1, 0.15) is 12.4 Å². The van der Waals surface area contributed by atoms with E-state index in [1.165, 1.54) is 23.8 Å². The molecule has 0 aliphatic rings. The zero-order valence-corrected chi connectivity index (χ0v) is 19.1. The molecular formula is C19H34N2O8S. The number of hydrogen-bond acceptors (Lipinski definition) is 8. The number of unbranched alkanes of at least 4 members (excludes halogenated alkanes) is 5. The molecule has 1 rings (SSSR count). The fourth-order valence-electron chi connectivity index (χ4n) is 2.45. The Morgan fingerprint density at radius 1 is 1.00 bits per heavy atom. The summed E-state index contributed by atoms with van der Waals surface area (Å²) in [7, 11) is -2.68. The van der Waals surface area contributed by atoms with Crippen LogP contribution < -0.4 is 4.57 Å². The molecule has 11 heteroatoms. The number of esters is 2. The Morgan fingerprint density at radius 3 is 1.97 bits per heavy atom. The van der Waals surface area contributed by atoms with E-state index in [4.69, 9.17) is 9.47 Å². The van der Waals surface area contributed by atoms with Crippen LogP contribution in [0.2, 0.25) is 0 Å². The summed E-state index contributed by atoms with van der Waals surface area (Å²) < 4.78 is 46.9. The summed E-state index contributed by atoms with van der Waals surface area (Å²) >= 11 is 0. The van der Waals surface area contributed by atoms with Crippen LogP contribution in [0.1, 0.15) is 65.3 Å². The van der Waals surface area contributed by atoms with Gasteiger partial charge in [0.15, 0.2) is 0 Å². The van der Waals surface area contributed by atoms with Crippen molar-refractivity contribution in [2.75, 3.05) is 19.8 Å². The normalized spacial score (nSPS) is 11.0. The highest BCUT2D eigenvalue weighted by Crippen LogP contribution is 2.10. The van der Waals surface area contributed by atoms with Gasteiger partial charge in [0, 0.05) is 0 Å². The fraction of sp³-hybridized carbons (Fsp3) is 0.737. The van der Waals surface area contributed by atoms with Gasteiger partial charge in [-0.2, -0.15) is 0 Å². The van der Waals surface area contributed by atoms with E-state index in [1.807, 2.05) is 0 Å². The van der Waals surface area contributed by atoms with Crippen LogP contribution in [0, 0.1) is 0 Å². The number of ether oxygens (including phenoxy) is 2. The number of aromatic nitrogens is 2. The highest BCUT2D eigenvalue weighted by molar-refractivity contribution is 7.80. The van der Waals surface area contributed by atoms with Crippen LogP contribution in [-0.2, 0) is 40.7 Å². The lowest BCUT2D eigenvalue weighted by Gasteiger charge is -2.11. The first kappa shape index (κ1) is 28.0. The van der Waals surface area contributed by atoms with Crippen LogP contribution in [0.5, 0.6) is 0 Å². The number of carbonyl (C=O) groups is 2. The Kier molecular flexibility index (Phi) is 14.8. The standard InChI is InChI=1S/C11H17N2O4.C8H18O4S/c1-4-16-10(14)9(11(15)17-5-2)13-7-6-12(3)8-13;1-2-3-4-5-6-7-8-12-13(9,10)11/h6-9H,4-5H2,1-3H3;2-8H2,1H3,(H,9,10,11)/q+1;/p-1. The molecule has 0 aromatic carbocycles. The van der Waals surface area contributed by atoms with Crippen molar-refractivity contribution in [3.63, 3.8) is 0 Å². The highest BCUT2D eigenvalue weighted by atomic mass is 32.3. The average molecular weight is 451 g/mol. The minimum atomic E-state index is -4.47. The summed E-state index contributed by atoms with van der Waals surface area (Å²) in [6, 6.07) is -1.07. The van der Waals surface area contributed by atoms with Gasteiger partial charge in [-0.25, -0.2) is 27.1 Å². The first-order valence-electron chi connectivity index (χ1n) is 10.1. The van der Waals surface area contributed by atoms with Gasteiger partial charge in [-0.1, -0.05) is 39.0 Å². The highest BCUT2D eigenvalue weighted by Gasteiger charge is 2.35. The predicted molar refractivity (Wildman–Crippen MR) is 107 cm³/mol. The third-order valence-electron chi connectivity index (χ3n) is 3.83. The van der Waals surface area contributed by atoms with E-state index in [0.29, 0.717) is 6.42 Å². The molecule has 0 fully saturated rings. The molecule has 1 aromatic heterocycles. The molecule has 10 nitrogen and oxygen atoms in total. The maximum atomic E-state index is 11.7. The summed E-state index contributed by atoms with van der Waals surface area (Å²) in [5.41, 5.74) is 0. The molecule has 174 valence electrons. The number of nitrogens with zero attached hydrogens (tertiary/aromatic N) is 2. The van der Waals surface area contributed by atoms with Crippen LogP contribution in [0.25, 0.3) is 0 Å². The number of hydrogen-bond donors (Lipinski definition) is 0. The van der Waals surface area contributed by atoms with Crippen LogP contribution in [0.15, 0.2) is 18.7 Å². The minimum Gasteiger partial charge on any atom is -0.726 e. The van der Waals surface area contributed by atoms with Crippen molar-refractivity contribution in [3.8, 4) is 0 Å². The van der Waals surface area contributed by atoms with E-state index in [9.17, 15) is 22.6 Å². The Hall–Kier alpha value is -1.98. The molecular weight excluding hydrogens is 416 g/mol. The van der Waals surface area contributed by atoms with Crippen molar-refractivity contribution in [3.05, 3.63) is 18.7 Å². The SMILES string of the molecule is CCCCCCCCOS(=O)(=O)[O-].CCOC(=O)C(C(=O)OCC)n1cc[n+](C)c1. The van der Waals surface area contributed by atoms with Crippen molar-refractivity contribution in [2.24, 2.45) is 7.05 Å². The van der Waals surface area contributed by atoms with E-state index in [0.717, 1.165) is 12.8 Å². The molecule has 0 bridgehead atoms. The molecule has 0 radical (unpaired) electrons. The van der Waals surface area contributed by atoms with Crippen LogP contribution in [0.3, 0.4) is 0 Å². The zero-order valence-electron chi connectivity index (χ0n) is 18.2. The molecule has 0 saturated heterocycles. The van der Waals surface area contributed by atoms with Crippen LogP contribution in [-0.4, -0.2) is 49.3 Å². The fourth-order valence-corrected chi connectivity index (χ4v) is 2.77. The van der Waals surface area contributed by atoms with Crippen molar-refractivity contribution < 1.29 is 40.8 Å². The number of rotatable bonds is 13. The maximum Gasteiger partial charge on any atom is 0.363 e. The van der Waals surface area contributed by atoms with Gasteiger partial charge >= 0.3 is 11.9 Å². The summed E-state index contributed by atoms with van der Waals surface area (Å²) in [4.78, 5) is 23.4. The third-order valence-corrected chi connectivity index (χ3v) is 4.29. The zero-order chi connectivity index (χ0) is 23.0. The number of carbonyl (C=O) groups excluding carboxylic acids is 2. The molecule has 0 spiro atoms. The van der Waals surface area contributed by atoms with Gasteiger partial charge in [-0.3, -0.25) is 4.18 Å². The van der Waals surface area contributed by atoms with E-state index in [1.54, 1.807) is 44.2 Å². The Balaban J connectivity index is 0.000000584. The summed E-state index contributed by atoms with van der Waals surface area (Å²) in [6.45, 7) is 5.99. The second kappa shape index (κ2) is 15.8. The van der Waals surface area contributed by atoms with Gasteiger partial charge in [0.05, 0.1) is 26.9 Å². The monoisotopic (exact) mass is 450 g/mol.